The van der Waals surface area contributed by atoms with Gasteiger partial charge in [0.1, 0.15) is 5.82 Å². The molecule has 2 rings (SSSR count). The lowest BCUT2D eigenvalue weighted by atomic mass is 10.0. The topological polar surface area (TPSA) is 60.2 Å². The molecule has 0 aliphatic rings. The largest absolute Gasteiger partial charge is 0.294 e. The highest BCUT2D eigenvalue weighted by atomic mass is 79.9. The van der Waals surface area contributed by atoms with Crippen molar-refractivity contribution in [3.63, 3.8) is 0 Å². The average molecular weight is 338 g/mol. The van der Waals surface area contributed by atoms with E-state index < -0.39 is 10.7 Å². The number of nitro groups is 1. The number of rotatable bonds is 4. The molecule has 0 saturated heterocycles. The summed E-state index contributed by atoms with van der Waals surface area (Å²) in [5.41, 5.74) is 0.537. The molecule has 0 fully saturated rings. The Balaban J connectivity index is 2.21. The number of halogens is 2. The maximum atomic E-state index is 13.6. The fourth-order valence-corrected chi connectivity index (χ4v) is 2.34. The van der Waals surface area contributed by atoms with Crippen LogP contribution >= 0.6 is 15.9 Å². The first-order valence-electron chi connectivity index (χ1n) is 5.69. The summed E-state index contributed by atoms with van der Waals surface area (Å²) in [6, 6.07) is 9.93. The maximum absolute atomic E-state index is 13.6. The first-order chi connectivity index (χ1) is 9.49. The number of ketones is 1. The van der Waals surface area contributed by atoms with Crippen LogP contribution in [0.3, 0.4) is 0 Å². The van der Waals surface area contributed by atoms with Crippen molar-refractivity contribution in [2.24, 2.45) is 0 Å². The summed E-state index contributed by atoms with van der Waals surface area (Å²) in [5.74, 6) is -0.977. The van der Waals surface area contributed by atoms with Crippen molar-refractivity contribution in [2.45, 2.75) is 6.42 Å². The van der Waals surface area contributed by atoms with Gasteiger partial charge in [-0.25, -0.2) is 4.39 Å². The summed E-state index contributed by atoms with van der Waals surface area (Å²) in [7, 11) is 0. The van der Waals surface area contributed by atoms with Crippen LogP contribution in [0.2, 0.25) is 0 Å². The summed E-state index contributed by atoms with van der Waals surface area (Å²) in [6.45, 7) is 0. The Labute approximate surface area is 122 Å². The van der Waals surface area contributed by atoms with Crippen LogP contribution in [0.5, 0.6) is 0 Å². The number of carbonyl (C=O) groups excluding carboxylic acids is 1. The summed E-state index contributed by atoms with van der Waals surface area (Å²) in [4.78, 5) is 22.1. The smallest absolute Gasteiger partial charge is 0.269 e. The third kappa shape index (κ3) is 3.08. The molecule has 2 aromatic rings. The Kier molecular flexibility index (Phi) is 4.24. The van der Waals surface area contributed by atoms with Crippen LogP contribution in [0, 0.1) is 15.9 Å². The number of carbonyl (C=O) groups is 1. The molecular formula is C14H9BrFNO3. The molecule has 0 unspecified atom stereocenters. The molecule has 0 bridgehead atoms. The SMILES string of the molecule is O=C(Cc1ccc([N+](=O)[O-])cc1)c1c(F)cccc1Br. The molecule has 0 atom stereocenters. The van der Waals surface area contributed by atoms with E-state index in [4.69, 9.17) is 0 Å². The summed E-state index contributed by atoms with van der Waals surface area (Å²) >= 11 is 3.14. The molecule has 0 radical (unpaired) electrons. The zero-order chi connectivity index (χ0) is 14.7. The van der Waals surface area contributed by atoms with Gasteiger partial charge in [-0.15, -0.1) is 0 Å². The predicted octanol–water partition coefficient (Wildman–Crippen LogP) is 3.92. The van der Waals surface area contributed by atoms with Gasteiger partial charge in [-0.2, -0.15) is 0 Å². The maximum Gasteiger partial charge on any atom is 0.269 e. The Morgan fingerprint density at radius 3 is 2.40 bits per heavy atom. The van der Waals surface area contributed by atoms with Gasteiger partial charge in [0.05, 0.1) is 10.5 Å². The quantitative estimate of drug-likeness (QED) is 0.482. The molecule has 4 nitrogen and oxygen atoms in total. The molecule has 0 aromatic heterocycles. The van der Waals surface area contributed by atoms with Crippen LogP contribution in [0.15, 0.2) is 46.9 Å². The number of non-ortho nitro benzene ring substituents is 1. The average Bonchev–Trinajstić information content (AvgIpc) is 2.39. The van der Waals surface area contributed by atoms with Gasteiger partial charge in [0.15, 0.2) is 5.78 Å². The number of nitro benzene ring substituents is 1. The van der Waals surface area contributed by atoms with E-state index in [2.05, 4.69) is 15.9 Å². The standard InChI is InChI=1S/C14H9BrFNO3/c15-11-2-1-3-12(16)14(11)13(18)8-9-4-6-10(7-5-9)17(19)20/h1-7H,8H2. The molecule has 102 valence electrons. The van der Waals surface area contributed by atoms with Crippen LogP contribution in [0.25, 0.3) is 0 Å². The van der Waals surface area contributed by atoms with Crippen molar-refractivity contribution >= 4 is 27.4 Å². The zero-order valence-corrected chi connectivity index (χ0v) is 11.8. The highest BCUT2D eigenvalue weighted by Gasteiger charge is 2.16. The van der Waals surface area contributed by atoms with E-state index in [1.165, 1.54) is 36.4 Å². The fourth-order valence-electron chi connectivity index (χ4n) is 1.77. The molecule has 0 aliphatic heterocycles. The second kappa shape index (κ2) is 5.92. The van der Waals surface area contributed by atoms with E-state index in [9.17, 15) is 19.3 Å². The number of Topliss-reactive ketones (excluding diaryl/α,β-unsaturated/α-hetero) is 1. The molecule has 0 spiro atoms. The molecule has 0 amide bonds. The lowest BCUT2D eigenvalue weighted by Crippen LogP contribution is -2.07. The molecule has 20 heavy (non-hydrogen) atoms. The van der Waals surface area contributed by atoms with Crippen molar-refractivity contribution in [1.82, 2.24) is 0 Å². The van der Waals surface area contributed by atoms with Gasteiger partial charge < -0.3 is 0 Å². The second-order valence-corrected chi connectivity index (χ2v) is 4.97. The van der Waals surface area contributed by atoms with Gasteiger partial charge in [-0.1, -0.05) is 18.2 Å². The van der Waals surface area contributed by atoms with Gasteiger partial charge >= 0.3 is 0 Å². The van der Waals surface area contributed by atoms with Crippen molar-refractivity contribution in [3.05, 3.63) is 74.0 Å². The highest BCUT2D eigenvalue weighted by molar-refractivity contribution is 9.10. The number of benzene rings is 2. The van der Waals surface area contributed by atoms with Crippen LogP contribution < -0.4 is 0 Å². The minimum atomic E-state index is -0.591. The van der Waals surface area contributed by atoms with Crippen molar-refractivity contribution in [2.75, 3.05) is 0 Å². The van der Waals surface area contributed by atoms with E-state index in [-0.39, 0.29) is 23.5 Å². The van der Waals surface area contributed by atoms with E-state index in [1.54, 1.807) is 6.07 Å². The predicted molar refractivity (Wildman–Crippen MR) is 75.2 cm³/mol. The van der Waals surface area contributed by atoms with Crippen LogP contribution in [0.1, 0.15) is 15.9 Å². The van der Waals surface area contributed by atoms with E-state index >= 15 is 0 Å². The number of hydrogen-bond donors (Lipinski definition) is 0. The molecule has 6 heteroatoms. The summed E-state index contributed by atoms with van der Waals surface area (Å²) in [5, 5.41) is 10.5. The first kappa shape index (κ1) is 14.3. The van der Waals surface area contributed by atoms with Crippen LogP contribution in [-0.4, -0.2) is 10.7 Å². The minimum absolute atomic E-state index is 0.00847. The monoisotopic (exact) mass is 337 g/mol. The van der Waals surface area contributed by atoms with Gasteiger partial charge in [0, 0.05) is 23.0 Å². The Hall–Kier alpha value is -2.08. The lowest BCUT2D eigenvalue weighted by Gasteiger charge is -2.05. The normalized spacial score (nSPS) is 10.3. The first-order valence-corrected chi connectivity index (χ1v) is 6.49. The molecule has 0 heterocycles. The van der Waals surface area contributed by atoms with Crippen LogP contribution in [0.4, 0.5) is 10.1 Å². The molecular weight excluding hydrogens is 329 g/mol. The zero-order valence-electron chi connectivity index (χ0n) is 10.2. The van der Waals surface area contributed by atoms with Crippen molar-refractivity contribution in [3.8, 4) is 0 Å². The van der Waals surface area contributed by atoms with E-state index in [0.717, 1.165) is 0 Å². The van der Waals surface area contributed by atoms with Crippen LogP contribution in [-0.2, 0) is 6.42 Å². The molecule has 2 aromatic carbocycles. The molecule has 0 N–H and O–H groups in total. The second-order valence-electron chi connectivity index (χ2n) is 4.12. The van der Waals surface area contributed by atoms with Crippen molar-refractivity contribution < 1.29 is 14.1 Å². The minimum Gasteiger partial charge on any atom is -0.294 e. The number of nitrogens with zero attached hydrogens (tertiary/aromatic N) is 1. The van der Waals surface area contributed by atoms with Gasteiger partial charge in [0.2, 0.25) is 0 Å². The Morgan fingerprint density at radius 1 is 1.20 bits per heavy atom. The Bertz CT molecular complexity index is 650. The lowest BCUT2D eigenvalue weighted by molar-refractivity contribution is -0.384. The van der Waals surface area contributed by atoms with Gasteiger partial charge in [-0.3, -0.25) is 14.9 Å². The highest BCUT2D eigenvalue weighted by Crippen LogP contribution is 2.22. The summed E-state index contributed by atoms with van der Waals surface area (Å²) < 4.78 is 14.0. The van der Waals surface area contributed by atoms with Gasteiger partial charge in [-0.05, 0) is 33.6 Å². The van der Waals surface area contributed by atoms with Crippen molar-refractivity contribution in [1.29, 1.82) is 0 Å². The fraction of sp³-hybridized carbons (Fsp3) is 0.0714. The van der Waals surface area contributed by atoms with Gasteiger partial charge in [0.25, 0.3) is 5.69 Å². The Morgan fingerprint density at radius 2 is 1.85 bits per heavy atom. The third-order valence-corrected chi connectivity index (χ3v) is 3.41. The van der Waals surface area contributed by atoms with E-state index in [0.29, 0.717) is 10.0 Å². The summed E-state index contributed by atoms with van der Waals surface area (Å²) in [6.07, 6.45) is -0.0163. The number of hydrogen-bond acceptors (Lipinski definition) is 3. The third-order valence-electron chi connectivity index (χ3n) is 2.75. The van der Waals surface area contributed by atoms with E-state index in [1.807, 2.05) is 0 Å². The molecule has 0 saturated carbocycles. The molecule has 0 aliphatic carbocycles.